The highest BCUT2D eigenvalue weighted by molar-refractivity contribution is 5.90. The molecule has 7 heteroatoms. The first-order chi connectivity index (χ1) is 10.5. The number of amides is 1. The van der Waals surface area contributed by atoms with Crippen LogP contribution in [0.5, 0.6) is 0 Å². The summed E-state index contributed by atoms with van der Waals surface area (Å²) < 4.78 is 27.0. The number of anilines is 1. The van der Waals surface area contributed by atoms with Crippen LogP contribution in [-0.4, -0.2) is 26.6 Å². The summed E-state index contributed by atoms with van der Waals surface area (Å²) in [5.41, 5.74) is 0.583. The smallest absolute Gasteiger partial charge is 0.248 e. The summed E-state index contributed by atoms with van der Waals surface area (Å²) in [6.45, 7) is 0. The van der Waals surface area contributed by atoms with E-state index in [1.165, 1.54) is 0 Å². The molecule has 2 aromatic rings. The minimum absolute atomic E-state index is 0.0407. The Bertz CT molecular complexity index is 632. The van der Waals surface area contributed by atoms with Crippen molar-refractivity contribution in [2.24, 2.45) is 5.92 Å². The van der Waals surface area contributed by atoms with E-state index in [9.17, 15) is 13.6 Å². The molecule has 2 heterocycles. The molecule has 2 aromatic heterocycles. The maximum absolute atomic E-state index is 12.7. The Morgan fingerprint density at radius 3 is 2.82 bits per heavy atom. The standard InChI is InChI=1S/C15H16F2N4O/c16-15(17)8-11(9-15)2-5-14(22)20-12-3-4-13(18-10-12)21-7-1-6-19-21/h1,3-4,6-7,10-11H,2,5,8-9H2,(H,20,22). The molecule has 22 heavy (non-hydrogen) atoms. The van der Waals surface area contributed by atoms with Gasteiger partial charge in [-0.1, -0.05) is 0 Å². The Labute approximate surface area is 126 Å². The second-order valence-corrected chi connectivity index (χ2v) is 5.57. The summed E-state index contributed by atoms with van der Waals surface area (Å²) in [7, 11) is 0. The van der Waals surface area contributed by atoms with Gasteiger partial charge in [0.25, 0.3) is 0 Å². The molecule has 3 rings (SSSR count). The number of nitrogens with one attached hydrogen (secondary N) is 1. The summed E-state index contributed by atoms with van der Waals surface area (Å²) in [5, 5.41) is 6.78. The SMILES string of the molecule is O=C(CCC1CC(F)(F)C1)Nc1ccc(-n2cccn2)nc1. The number of nitrogens with zero attached hydrogens (tertiary/aromatic N) is 3. The third kappa shape index (κ3) is 3.47. The maximum Gasteiger partial charge on any atom is 0.248 e. The minimum atomic E-state index is -2.52. The highest BCUT2D eigenvalue weighted by Crippen LogP contribution is 2.44. The Kier molecular flexibility index (Phi) is 3.87. The van der Waals surface area contributed by atoms with Crippen molar-refractivity contribution < 1.29 is 13.6 Å². The number of hydrogen-bond acceptors (Lipinski definition) is 3. The molecule has 1 N–H and O–H groups in total. The number of pyridine rings is 1. The van der Waals surface area contributed by atoms with Gasteiger partial charge in [0.05, 0.1) is 11.9 Å². The molecule has 0 radical (unpaired) electrons. The quantitative estimate of drug-likeness (QED) is 0.923. The number of carbonyl (C=O) groups is 1. The molecule has 0 bridgehead atoms. The number of halogens is 2. The molecule has 1 aliphatic carbocycles. The average Bonchev–Trinajstić information content (AvgIpc) is 2.98. The van der Waals surface area contributed by atoms with E-state index in [0.717, 1.165) is 0 Å². The van der Waals surface area contributed by atoms with Gasteiger partial charge in [0.1, 0.15) is 0 Å². The first kappa shape index (κ1) is 14.6. The molecular formula is C15H16F2N4O. The third-order valence-corrected chi connectivity index (χ3v) is 3.73. The minimum Gasteiger partial charge on any atom is -0.325 e. The van der Waals surface area contributed by atoms with Crippen molar-refractivity contribution in [1.29, 1.82) is 0 Å². The number of carbonyl (C=O) groups excluding carboxylic acids is 1. The first-order valence-corrected chi connectivity index (χ1v) is 7.16. The molecule has 0 spiro atoms. The number of hydrogen-bond donors (Lipinski definition) is 1. The largest absolute Gasteiger partial charge is 0.325 e. The maximum atomic E-state index is 12.7. The molecule has 0 saturated heterocycles. The van der Waals surface area contributed by atoms with Gasteiger partial charge in [0.15, 0.2) is 5.82 Å². The molecule has 0 aliphatic heterocycles. The Morgan fingerprint density at radius 2 is 2.23 bits per heavy atom. The predicted octanol–water partition coefficient (Wildman–Crippen LogP) is 3.03. The summed E-state index contributed by atoms with van der Waals surface area (Å²) in [6.07, 6.45) is 5.53. The van der Waals surface area contributed by atoms with Crippen LogP contribution < -0.4 is 5.32 Å². The molecule has 1 fully saturated rings. The van der Waals surface area contributed by atoms with E-state index in [1.54, 1.807) is 41.5 Å². The van der Waals surface area contributed by atoms with E-state index in [-0.39, 0.29) is 31.1 Å². The Balaban J connectivity index is 1.47. The molecule has 1 aliphatic rings. The fraction of sp³-hybridized carbons (Fsp3) is 0.400. The molecule has 1 saturated carbocycles. The molecule has 0 atom stereocenters. The van der Waals surface area contributed by atoms with Crippen molar-refractivity contribution in [3.63, 3.8) is 0 Å². The van der Waals surface area contributed by atoms with Gasteiger partial charge in [-0.15, -0.1) is 0 Å². The van der Waals surface area contributed by atoms with E-state index in [0.29, 0.717) is 17.9 Å². The van der Waals surface area contributed by atoms with Gasteiger partial charge in [0.2, 0.25) is 11.8 Å². The van der Waals surface area contributed by atoms with Crippen LogP contribution in [0.4, 0.5) is 14.5 Å². The fourth-order valence-corrected chi connectivity index (χ4v) is 2.55. The Hall–Kier alpha value is -2.31. The zero-order chi connectivity index (χ0) is 15.6. The lowest BCUT2D eigenvalue weighted by Crippen LogP contribution is -2.35. The van der Waals surface area contributed by atoms with Crippen LogP contribution in [0, 0.1) is 5.92 Å². The average molecular weight is 306 g/mol. The van der Waals surface area contributed by atoms with E-state index in [1.807, 2.05) is 0 Å². The zero-order valence-corrected chi connectivity index (χ0v) is 11.9. The number of rotatable bonds is 5. The van der Waals surface area contributed by atoms with E-state index >= 15 is 0 Å². The lowest BCUT2D eigenvalue weighted by atomic mass is 9.78. The number of alkyl halides is 2. The highest BCUT2D eigenvalue weighted by Gasteiger charge is 2.44. The van der Waals surface area contributed by atoms with Gasteiger partial charge in [-0.2, -0.15) is 5.10 Å². The van der Waals surface area contributed by atoms with E-state index < -0.39 is 5.92 Å². The van der Waals surface area contributed by atoms with Gasteiger partial charge in [-0.05, 0) is 30.5 Å². The molecular weight excluding hydrogens is 290 g/mol. The summed E-state index contributed by atoms with van der Waals surface area (Å²) in [6, 6.07) is 5.27. The highest BCUT2D eigenvalue weighted by atomic mass is 19.3. The second-order valence-electron chi connectivity index (χ2n) is 5.57. The van der Waals surface area contributed by atoms with Crippen LogP contribution in [0.1, 0.15) is 25.7 Å². The second kappa shape index (κ2) is 5.82. The van der Waals surface area contributed by atoms with Crippen LogP contribution in [0.3, 0.4) is 0 Å². The van der Waals surface area contributed by atoms with Crippen molar-refractivity contribution in [1.82, 2.24) is 14.8 Å². The van der Waals surface area contributed by atoms with Crippen LogP contribution >= 0.6 is 0 Å². The predicted molar refractivity (Wildman–Crippen MR) is 76.9 cm³/mol. The van der Waals surface area contributed by atoms with Gasteiger partial charge in [0, 0.05) is 31.7 Å². The topological polar surface area (TPSA) is 59.8 Å². The van der Waals surface area contributed by atoms with Gasteiger partial charge in [-0.3, -0.25) is 4.79 Å². The third-order valence-electron chi connectivity index (χ3n) is 3.73. The van der Waals surface area contributed by atoms with Crippen LogP contribution in [0.2, 0.25) is 0 Å². The van der Waals surface area contributed by atoms with Gasteiger partial charge in [-0.25, -0.2) is 18.4 Å². The van der Waals surface area contributed by atoms with Crippen LogP contribution in [-0.2, 0) is 4.79 Å². The zero-order valence-electron chi connectivity index (χ0n) is 11.9. The van der Waals surface area contributed by atoms with Crippen LogP contribution in [0.25, 0.3) is 5.82 Å². The van der Waals surface area contributed by atoms with Gasteiger partial charge < -0.3 is 5.32 Å². The molecule has 5 nitrogen and oxygen atoms in total. The number of aromatic nitrogens is 3. The lowest BCUT2D eigenvalue weighted by Gasteiger charge is -2.34. The van der Waals surface area contributed by atoms with Crippen molar-refractivity contribution in [3.05, 3.63) is 36.8 Å². The first-order valence-electron chi connectivity index (χ1n) is 7.16. The molecule has 0 aromatic carbocycles. The monoisotopic (exact) mass is 306 g/mol. The summed E-state index contributed by atoms with van der Waals surface area (Å²) >= 11 is 0. The van der Waals surface area contributed by atoms with Crippen molar-refractivity contribution in [2.75, 3.05) is 5.32 Å². The molecule has 1 amide bonds. The Morgan fingerprint density at radius 1 is 1.41 bits per heavy atom. The lowest BCUT2D eigenvalue weighted by molar-refractivity contribution is -0.123. The van der Waals surface area contributed by atoms with Crippen LogP contribution in [0.15, 0.2) is 36.8 Å². The van der Waals surface area contributed by atoms with Crippen molar-refractivity contribution >= 4 is 11.6 Å². The molecule has 116 valence electrons. The fourth-order valence-electron chi connectivity index (χ4n) is 2.55. The normalized spacial score (nSPS) is 17.0. The van der Waals surface area contributed by atoms with Crippen molar-refractivity contribution in [2.45, 2.75) is 31.6 Å². The van der Waals surface area contributed by atoms with Gasteiger partial charge >= 0.3 is 0 Å². The summed E-state index contributed by atoms with van der Waals surface area (Å²) in [4.78, 5) is 16.0. The summed E-state index contributed by atoms with van der Waals surface area (Å²) in [5.74, 6) is -2.09. The van der Waals surface area contributed by atoms with E-state index in [4.69, 9.17) is 0 Å². The molecule has 0 unspecified atom stereocenters. The van der Waals surface area contributed by atoms with Crippen molar-refractivity contribution in [3.8, 4) is 5.82 Å². The van der Waals surface area contributed by atoms with E-state index in [2.05, 4.69) is 15.4 Å².